The first-order valence-corrected chi connectivity index (χ1v) is 5.85. The van der Waals surface area contributed by atoms with Gasteiger partial charge < -0.3 is 10.6 Å². The third-order valence-corrected chi connectivity index (χ3v) is 2.95. The summed E-state index contributed by atoms with van der Waals surface area (Å²) in [5.74, 6) is 0.206. The van der Waals surface area contributed by atoms with E-state index in [4.69, 9.17) is 0 Å². The summed E-state index contributed by atoms with van der Waals surface area (Å²) in [6, 6.07) is 6.89. The first-order valence-electron chi connectivity index (χ1n) is 5.85. The van der Waals surface area contributed by atoms with Crippen LogP contribution < -0.4 is 10.6 Å². The van der Waals surface area contributed by atoms with E-state index in [1.54, 1.807) is 42.2 Å². The molecule has 6 heteroatoms. The standard InChI is InChI=1S/C13H12N4O2/c1-17-5-4-11(16-17)15-13(19)9-3-2-8-7-12(18)14-10(8)6-9/h2-6H,7H2,1H3,(H,14,18)(H,15,16,19). The Hall–Kier alpha value is -2.63. The summed E-state index contributed by atoms with van der Waals surface area (Å²) in [7, 11) is 1.78. The number of fused-ring (bicyclic) bond motifs is 1. The van der Waals surface area contributed by atoms with Gasteiger partial charge in [0.15, 0.2) is 5.82 Å². The van der Waals surface area contributed by atoms with Gasteiger partial charge in [-0.3, -0.25) is 14.3 Å². The van der Waals surface area contributed by atoms with Gasteiger partial charge in [-0.1, -0.05) is 6.07 Å². The molecule has 0 radical (unpaired) electrons. The quantitative estimate of drug-likeness (QED) is 0.846. The number of hydrogen-bond acceptors (Lipinski definition) is 3. The number of anilines is 2. The highest BCUT2D eigenvalue weighted by atomic mass is 16.2. The van der Waals surface area contributed by atoms with Crippen molar-refractivity contribution in [3.63, 3.8) is 0 Å². The molecule has 1 aliphatic heterocycles. The predicted octanol–water partition coefficient (Wildman–Crippen LogP) is 1.17. The molecule has 0 aliphatic carbocycles. The molecule has 1 aromatic carbocycles. The third-order valence-electron chi connectivity index (χ3n) is 2.95. The Morgan fingerprint density at radius 3 is 3.00 bits per heavy atom. The maximum Gasteiger partial charge on any atom is 0.256 e. The molecule has 0 spiro atoms. The van der Waals surface area contributed by atoms with Gasteiger partial charge in [-0.25, -0.2) is 0 Å². The van der Waals surface area contributed by atoms with Crippen LogP contribution in [-0.2, 0) is 18.3 Å². The fourth-order valence-corrected chi connectivity index (χ4v) is 2.03. The van der Waals surface area contributed by atoms with Crippen LogP contribution in [0.25, 0.3) is 0 Å². The molecule has 0 saturated carbocycles. The number of carbonyl (C=O) groups excluding carboxylic acids is 2. The average molecular weight is 256 g/mol. The van der Waals surface area contributed by atoms with Crippen molar-refractivity contribution in [2.75, 3.05) is 10.6 Å². The second-order valence-electron chi connectivity index (χ2n) is 4.43. The van der Waals surface area contributed by atoms with Crippen molar-refractivity contribution in [3.8, 4) is 0 Å². The van der Waals surface area contributed by atoms with Gasteiger partial charge in [-0.15, -0.1) is 0 Å². The molecule has 96 valence electrons. The zero-order valence-electron chi connectivity index (χ0n) is 10.3. The number of rotatable bonds is 2. The number of nitrogens with one attached hydrogen (secondary N) is 2. The number of aryl methyl sites for hydroxylation is 1. The van der Waals surface area contributed by atoms with Gasteiger partial charge in [-0.2, -0.15) is 5.10 Å². The van der Waals surface area contributed by atoms with Crippen molar-refractivity contribution in [3.05, 3.63) is 41.6 Å². The zero-order valence-corrected chi connectivity index (χ0v) is 10.3. The molecular formula is C13H12N4O2. The van der Waals surface area contributed by atoms with Crippen molar-refractivity contribution < 1.29 is 9.59 Å². The third kappa shape index (κ3) is 2.20. The van der Waals surface area contributed by atoms with Crippen LogP contribution in [0.2, 0.25) is 0 Å². The molecule has 1 aromatic heterocycles. The number of aromatic nitrogens is 2. The van der Waals surface area contributed by atoms with Gasteiger partial charge in [0.2, 0.25) is 5.91 Å². The molecule has 2 N–H and O–H groups in total. The number of amides is 2. The molecule has 2 amide bonds. The number of hydrogen-bond donors (Lipinski definition) is 2. The largest absolute Gasteiger partial charge is 0.326 e. The highest BCUT2D eigenvalue weighted by Crippen LogP contribution is 2.24. The SMILES string of the molecule is Cn1ccc(NC(=O)c2ccc3c(c2)NC(=O)C3)n1. The van der Waals surface area contributed by atoms with Gasteiger partial charge in [0.05, 0.1) is 6.42 Å². The average Bonchev–Trinajstić information content (AvgIpc) is 2.93. The maximum absolute atomic E-state index is 12.0. The molecule has 19 heavy (non-hydrogen) atoms. The number of carbonyl (C=O) groups is 2. The van der Waals surface area contributed by atoms with E-state index >= 15 is 0 Å². The summed E-state index contributed by atoms with van der Waals surface area (Å²) in [5.41, 5.74) is 2.12. The Kier molecular flexibility index (Phi) is 2.56. The topological polar surface area (TPSA) is 76.0 Å². The van der Waals surface area contributed by atoms with Gasteiger partial charge in [0.25, 0.3) is 5.91 Å². The zero-order chi connectivity index (χ0) is 13.4. The van der Waals surface area contributed by atoms with Crippen LogP contribution in [0.15, 0.2) is 30.5 Å². The summed E-state index contributed by atoms with van der Waals surface area (Å²) in [4.78, 5) is 23.3. The van der Waals surface area contributed by atoms with E-state index in [9.17, 15) is 9.59 Å². The first-order chi connectivity index (χ1) is 9.11. The van der Waals surface area contributed by atoms with Gasteiger partial charge in [-0.05, 0) is 17.7 Å². The van der Waals surface area contributed by atoms with Crippen molar-refractivity contribution in [1.29, 1.82) is 0 Å². The lowest BCUT2D eigenvalue weighted by molar-refractivity contribution is -0.115. The highest BCUT2D eigenvalue weighted by Gasteiger charge is 2.19. The second-order valence-corrected chi connectivity index (χ2v) is 4.43. The molecule has 2 aromatic rings. The Morgan fingerprint density at radius 2 is 2.26 bits per heavy atom. The lowest BCUT2D eigenvalue weighted by atomic mass is 10.1. The summed E-state index contributed by atoms with van der Waals surface area (Å²) in [6.45, 7) is 0. The number of nitrogens with zero attached hydrogens (tertiary/aromatic N) is 2. The summed E-state index contributed by atoms with van der Waals surface area (Å²) < 4.78 is 1.61. The molecule has 0 fully saturated rings. The summed E-state index contributed by atoms with van der Waals surface area (Å²) in [5, 5.41) is 9.50. The molecule has 2 heterocycles. The van der Waals surface area contributed by atoms with Crippen LogP contribution in [-0.4, -0.2) is 21.6 Å². The van der Waals surface area contributed by atoms with Crippen LogP contribution in [0.1, 0.15) is 15.9 Å². The minimum absolute atomic E-state index is 0.0442. The molecule has 0 saturated heterocycles. The minimum atomic E-state index is -0.248. The predicted molar refractivity (Wildman–Crippen MR) is 69.9 cm³/mol. The second kappa shape index (κ2) is 4.24. The van der Waals surface area contributed by atoms with Crippen molar-refractivity contribution in [2.24, 2.45) is 7.05 Å². The van der Waals surface area contributed by atoms with Gasteiger partial charge in [0, 0.05) is 30.6 Å². The van der Waals surface area contributed by atoms with Gasteiger partial charge in [0.1, 0.15) is 0 Å². The van der Waals surface area contributed by atoms with E-state index < -0.39 is 0 Å². The minimum Gasteiger partial charge on any atom is -0.326 e. The van der Waals surface area contributed by atoms with E-state index in [-0.39, 0.29) is 11.8 Å². The van der Waals surface area contributed by atoms with Crippen molar-refractivity contribution in [2.45, 2.75) is 6.42 Å². The Morgan fingerprint density at radius 1 is 1.42 bits per heavy atom. The fourth-order valence-electron chi connectivity index (χ4n) is 2.03. The van der Waals surface area contributed by atoms with Crippen LogP contribution in [0.3, 0.4) is 0 Å². The van der Waals surface area contributed by atoms with Crippen molar-refractivity contribution in [1.82, 2.24) is 9.78 Å². The molecule has 6 nitrogen and oxygen atoms in total. The van der Waals surface area contributed by atoms with Crippen LogP contribution >= 0.6 is 0 Å². The molecule has 0 atom stereocenters. The lowest BCUT2D eigenvalue weighted by Gasteiger charge is -2.04. The Bertz CT molecular complexity index is 675. The lowest BCUT2D eigenvalue weighted by Crippen LogP contribution is -2.12. The summed E-state index contributed by atoms with van der Waals surface area (Å²) in [6.07, 6.45) is 2.12. The van der Waals surface area contributed by atoms with Gasteiger partial charge >= 0.3 is 0 Å². The normalized spacial score (nSPS) is 13.0. The smallest absolute Gasteiger partial charge is 0.256 e. The van der Waals surface area contributed by atoms with E-state index in [1.165, 1.54) is 0 Å². The van der Waals surface area contributed by atoms with Crippen LogP contribution in [0.5, 0.6) is 0 Å². The monoisotopic (exact) mass is 256 g/mol. The maximum atomic E-state index is 12.0. The fraction of sp³-hybridized carbons (Fsp3) is 0.154. The van der Waals surface area contributed by atoms with E-state index in [1.807, 2.05) is 0 Å². The molecule has 0 bridgehead atoms. The molecule has 0 unspecified atom stereocenters. The molecule has 1 aliphatic rings. The molecular weight excluding hydrogens is 244 g/mol. The Labute approximate surface area is 109 Å². The van der Waals surface area contributed by atoms with E-state index in [2.05, 4.69) is 15.7 Å². The highest BCUT2D eigenvalue weighted by molar-refractivity contribution is 6.06. The Balaban J connectivity index is 1.81. The number of benzene rings is 1. The van der Waals surface area contributed by atoms with E-state index in [0.717, 1.165) is 5.56 Å². The first kappa shape index (κ1) is 11.5. The van der Waals surface area contributed by atoms with Crippen LogP contribution in [0.4, 0.5) is 11.5 Å². The molecule has 3 rings (SSSR count). The van der Waals surface area contributed by atoms with Crippen molar-refractivity contribution >= 4 is 23.3 Å². The summed E-state index contributed by atoms with van der Waals surface area (Å²) >= 11 is 0. The van der Waals surface area contributed by atoms with Crippen LogP contribution in [0, 0.1) is 0 Å². The van der Waals surface area contributed by atoms with E-state index in [0.29, 0.717) is 23.5 Å².